The van der Waals surface area contributed by atoms with Crippen molar-refractivity contribution in [3.05, 3.63) is 0 Å². The molecule has 3 atom stereocenters. The third kappa shape index (κ3) is 4.24. The topological polar surface area (TPSA) is 15.3 Å². The first-order valence-electron chi connectivity index (χ1n) is 8.23. The van der Waals surface area contributed by atoms with Crippen LogP contribution in [0.3, 0.4) is 0 Å². The fourth-order valence-corrected chi connectivity index (χ4v) is 3.81. The molecule has 0 aromatic heterocycles. The second-order valence-electron chi connectivity index (χ2n) is 6.51. The minimum Gasteiger partial charge on any atom is -0.314 e. The van der Waals surface area contributed by atoms with Gasteiger partial charge in [-0.05, 0) is 58.2 Å². The molecule has 18 heavy (non-hydrogen) atoms. The molecule has 3 unspecified atom stereocenters. The lowest BCUT2D eigenvalue weighted by atomic mass is 9.84. The van der Waals surface area contributed by atoms with Crippen LogP contribution in [0.5, 0.6) is 0 Å². The summed E-state index contributed by atoms with van der Waals surface area (Å²) in [5, 5.41) is 3.83. The van der Waals surface area contributed by atoms with Crippen molar-refractivity contribution in [3.63, 3.8) is 0 Å². The van der Waals surface area contributed by atoms with Gasteiger partial charge >= 0.3 is 0 Å². The van der Waals surface area contributed by atoms with Crippen molar-refractivity contribution >= 4 is 0 Å². The fraction of sp³-hybridized carbons (Fsp3) is 1.00. The third-order valence-corrected chi connectivity index (χ3v) is 5.19. The van der Waals surface area contributed by atoms with Crippen LogP contribution in [0.15, 0.2) is 0 Å². The predicted molar refractivity (Wildman–Crippen MR) is 78.9 cm³/mol. The zero-order chi connectivity index (χ0) is 12.8. The summed E-state index contributed by atoms with van der Waals surface area (Å²) in [4.78, 5) is 2.57. The van der Waals surface area contributed by atoms with Gasteiger partial charge < -0.3 is 10.2 Å². The van der Waals surface area contributed by atoms with Gasteiger partial charge in [-0.25, -0.2) is 0 Å². The Bertz CT molecular complexity index is 229. The summed E-state index contributed by atoms with van der Waals surface area (Å²) >= 11 is 0. The molecule has 0 spiro atoms. The van der Waals surface area contributed by atoms with Crippen LogP contribution in [-0.4, -0.2) is 37.1 Å². The summed E-state index contributed by atoms with van der Waals surface area (Å²) in [6.45, 7) is 4.89. The highest BCUT2D eigenvalue weighted by atomic mass is 15.1. The molecule has 2 nitrogen and oxygen atoms in total. The van der Waals surface area contributed by atoms with Gasteiger partial charge in [0.2, 0.25) is 0 Å². The molecule has 1 aliphatic carbocycles. The molecule has 0 radical (unpaired) electrons. The second kappa shape index (κ2) is 7.49. The molecule has 1 aliphatic heterocycles. The van der Waals surface area contributed by atoms with E-state index in [1.54, 1.807) is 0 Å². The van der Waals surface area contributed by atoms with E-state index >= 15 is 0 Å². The molecule has 2 fully saturated rings. The van der Waals surface area contributed by atoms with Gasteiger partial charge in [0.05, 0.1) is 0 Å². The van der Waals surface area contributed by atoms with Gasteiger partial charge in [-0.2, -0.15) is 0 Å². The highest BCUT2D eigenvalue weighted by Crippen LogP contribution is 2.26. The number of nitrogens with zero attached hydrogens (tertiary/aromatic N) is 1. The average Bonchev–Trinajstić information content (AvgIpc) is 2.41. The molecule has 0 aromatic carbocycles. The van der Waals surface area contributed by atoms with Crippen molar-refractivity contribution in [2.75, 3.05) is 20.1 Å². The summed E-state index contributed by atoms with van der Waals surface area (Å²) in [6, 6.07) is 1.66. The predicted octanol–water partition coefficient (Wildman–Crippen LogP) is 3.42. The van der Waals surface area contributed by atoms with Crippen molar-refractivity contribution in [1.29, 1.82) is 0 Å². The number of likely N-dealkylation sites (tertiary alicyclic amines) is 1. The lowest BCUT2D eigenvalue weighted by molar-refractivity contribution is 0.171. The lowest BCUT2D eigenvalue weighted by Gasteiger charge is -2.34. The Balaban J connectivity index is 1.62. The van der Waals surface area contributed by atoms with E-state index in [0.717, 1.165) is 18.0 Å². The SMILES string of the molecule is CCC1CCCC(NCCC2CCCCN2C)C1. The first-order chi connectivity index (χ1) is 8.79. The van der Waals surface area contributed by atoms with E-state index in [1.807, 2.05) is 0 Å². The monoisotopic (exact) mass is 252 g/mol. The van der Waals surface area contributed by atoms with Crippen LogP contribution in [-0.2, 0) is 0 Å². The molecule has 0 aromatic rings. The lowest BCUT2D eigenvalue weighted by Crippen LogP contribution is -2.40. The molecule has 0 amide bonds. The van der Waals surface area contributed by atoms with Crippen molar-refractivity contribution in [3.8, 4) is 0 Å². The molecule has 2 aliphatic rings. The minimum absolute atomic E-state index is 0.817. The number of nitrogens with one attached hydrogen (secondary N) is 1. The Labute approximate surface area is 114 Å². The Hall–Kier alpha value is -0.0800. The Kier molecular flexibility index (Phi) is 5.97. The first kappa shape index (κ1) is 14.3. The average molecular weight is 252 g/mol. The van der Waals surface area contributed by atoms with E-state index in [9.17, 15) is 0 Å². The normalized spacial score (nSPS) is 34.7. The van der Waals surface area contributed by atoms with Gasteiger partial charge in [-0.15, -0.1) is 0 Å². The molecule has 1 saturated heterocycles. The summed E-state index contributed by atoms with van der Waals surface area (Å²) < 4.78 is 0. The largest absolute Gasteiger partial charge is 0.314 e. The zero-order valence-electron chi connectivity index (χ0n) is 12.5. The van der Waals surface area contributed by atoms with Crippen LogP contribution in [0.1, 0.15) is 64.7 Å². The van der Waals surface area contributed by atoms with Gasteiger partial charge in [-0.3, -0.25) is 0 Å². The highest BCUT2D eigenvalue weighted by molar-refractivity contribution is 4.79. The molecule has 1 heterocycles. The Morgan fingerprint density at radius 1 is 1.11 bits per heavy atom. The van der Waals surface area contributed by atoms with E-state index in [-0.39, 0.29) is 0 Å². The second-order valence-corrected chi connectivity index (χ2v) is 6.51. The molecule has 0 bridgehead atoms. The van der Waals surface area contributed by atoms with Gasteiger partial charge in [0.15, 0.2) is 0 Å². The van der Waals surface area contributed by atoms with Crippen molar-refractivity contribution < 1.29 is 0 Å². The minimum atomic E-state index is 0.817. The zero-order valence-corrected chi connectivity index (χ0v) is 12.5. The van der Waals surface area contributed by atoms with Crippen molar-refractivity contribution in [1.82, 2.24) is 10.2 Å². The van der Waals surface area contributed by atoms with Crippen LogP contribution in [0.25, 0.3) is 0 Å². The number of piperidine rings is 1. The summed E-state index contributed by atoms with van der Waals surface area (Å²) in [7, 11) is 2.30. The number of hydrogen-bond acceptors (Lipinski definition) is 2. The van der Waals surface area contributed by atoms with Gasteiger partial charge in [-0.1, -0.05) is 32.6 Å². The molecule has 106 valence electrons. The number of hydrogen-bond donors (Lipinski definition) is 1. The summed E-state index contributed by atoms with van der Waals surface area (Å²) in [6.07, 6.45) is 12.7. The Morgan fingerprint density at radius 2 is 2.00 bits per heavy atom. The molecular formula is C16H32N2. The molecule has 1 N–H and O–H groups in total. The van der Waals surface area contributed by atoms with Crippen LogP contribution in [0.2, 0.25) is 0 Å². The standard InChI is InChI=1S/C16H32N2/c1-3-14-7-6-8-15(13-14)17-11-10-16-9-4-5-12-18(16)2/h14-17H,3-13H2,1-2H3. The molecule has 2 rings (SSSR count). The van der Waals surface area contributed by atoms with Gasteiger partial charge in [0, 0.05) is 12.1 Å². The van der Waals surface area contributed by atoms with Crippen LogP contribution < -0.4 is 5.32 Å². The smallest absolute Gasteiger partial charge is 0.0104 e. The molecule has 2 heteroatoms. The summed E-state index contributed by atoms with van der Waals surface area (Å²) in [5.74, 6) is 0.994. The van der Waals surface area contributed by atoms with Crippen LogP contribution in [0.4, 0.5) is 0 Å². The summed E-state index contributed by atoms with van der Waals surface area (Å²) in [5.41, 5.74) is 0. The quantitative estimate of drug-likeness (QED) is 0.806. The molecule has 1 saturated carbocycles. The maximum Gasteiger partial charge on any atom is 0.0104 e. The van der Waals surface area contributed by atoms with Crippen molar-refractivity contribution in [2.45, 2.75) is 76.8 Å². The highest BCUT2D eigenvalue weighted by Gasteiger charge is 2.22. The maximum absolute atomic E-state index is 3.83. The van der Waals surface area contributed by atoms with Crippen LogP contribution in [0, 0.1) is 5.92 Å². The van der Waals surface area contributed by atoms with E-state index in [0.29, 0.717) is 0 Å². The molecular weight excluding hydrogens is 220 g/mol. The van der Waals surface area contributed by atoms with E-state index < -0.39 is 0 Å². The van der Waals surface area contributed by atoms with E-state index in [1.165, 1.54) is 70.9 Å². The fourth-order valence-electron chi connectivity index (χ4n) is 3.81. The number of rotatable bonds is 5. The van der Waals surface area contributed by atoms with Crippen molar-refractivity contribution in [2.24, 2.45) is 5.92 Å². The first-order valence-corrected chi connectivity index (χ1v) is 8.23. The van der Waals surface area contributed by atoms with E-state index in [4.69, 9.17) is 0 Å². The maximum atomic E-state index is 3.83. The van der Waals surface area contributed by atoms with Gasteiger partial charge in [0.1, 0.15) is 0 Å². The Morgan fingerprint density at radius 3 is 2.78 bits per heavy atom. The van der Waals surface area contributed by atoms with E-state index in [2.05, 4.69) is 24.2 Å². The third-order valence-electron chi connectivity index (χ3n) is 5.19. The van der Waals surface area contributed by atoms with Gasteiger partial charge in [0.25, 0.3) is 0 Å². The van der Waals surface area contributed by atoms with Crippen LogP contribution >= 0.6 is 0 Å².